The third kappa shape index (κ3) is 3.45. The standard InChI is InChI=1S/C14H25NO3/c1-9-7-11(8-10(2)17-9)18-14(16)12-5-3-4-6-13(12)15/h9-13H,3-8,15H2,1-2H3. The Morgan fingerprint density at radius 2 is 1.78 bits per heavy atom. The summed E-state index contributed by atoms with van der Waals surface area (Å²) in [6.45, 7) is 4.06. The van der Waals surface area contributed by atoms with Crippen molar-refractivity contribution in [2.75, 3.05) is 0 Å². The van der Waals surface area contributed by atoms with E-state index in [4.69, 9.17) is 15.2 Å². The number of hydrogen-bond acceptors (Lipinski definition) is 4. The van der Waals surface area contributed by atoms with Gasteiger partial charge in [0.2, 0.25) is 0 Å². The maximum Gasteiger partial charge on any atom is 0.310 e. The molecule has 1 saturated heterocycles. The van der Waals surface area contributed by atoms with Crippen LogP contribution in [-0.4, -0.2) is 30.3 Å². The first kappa shape index (κ1) is 13.8. The lowest BCUT2D eigenvalue weighted by atomic mass is 9.85. The van der Waals surface area contributed by atoms with Crippen LogP contribution in [0.15, 0.2) is 0 Å². The highest BCUT2D eigenvalue weighted by Gasteiger charge is 2.33. The summed E-state index contributed by atoms with van der Waals surface area (Å²) >= 11 is 0. The Hall–Kier alpha value is -0.610. The van der Waals surface area contributed by atoms with Crippen molar-refractivity contribution < 1.29 is 14.3 Å². The van der Waals surface area contributed by atoms with Crippen molar-refractivity contribution in [3.8, 4) is 0 Å². The number of rotatable bonds is 2. The Labute approximate surface area is 109 Å². The van der Waals surface area contributed by atoms with Crippen LogP contribution in [0.25, 0.3) is 0 Å². The summed E-state index contributed by atoms with van der Waals surface area (Å²) in [6.07, 6.45) is 6.01. The topological polar surface area (TPSA) is 61.5 Å². The number of hydrogen-bond donors (Lipinski definition) is 1. The average molecular weight is 255 g/mol. The third-order valence-corrected chi connectivity index (χ3v) is 4.06. The maximum absolute atomic E-state index is 12.1. The van der Waals surface area contributed by atoms with Gasteiger partial charge in [-0.1, -0.05) is 12.8 Å². The molecule has 0 bridgehead atoms. The summed E-state index contributed by atoms with van der Waals surface area (Å²) in [5.74, 6) is -0.180. The smallest absolute Gasteiger partial charge is 0.310 e. The number of esters is 1. The molecule has 1 heterocycles. The van der Waals surface area contributed by atoms with Gasteiger partial charge < -0.3 is 15.2 Å². The van der Waals surface area contributed by atoms with Gasteiger partial charge >= 0.3 is 5.97 Å². The Bertz CT molecular complexity index is 285. The molecule has 1 aliphatic heterocycles. The molecule has 4 heteroatoms. The zero-order valence-electron chi connectivity index (χ0n) is 11.4. The van der Waals surface area contributed by atoms with E-state index in [2.05, 4.69) is 0 Å². The molecule has 0 aromatic rings. The molecule has 2 aliphatic rings. The SMILES string of the molecule is CC1CC(OC(=O)C2CCCCC2N)CC(C)O1. The van der Waals surface area contributed by atoms with E-state index >= 15 is 0 Å². The largest absolute Gasteiger partial charge is 0.462 e. The molecule has 0 amide bonds. The van der Waals surface area contributed by atoms with Gasteiger partial charge in [-0.3, -0.25) is 4.79 Å². The number of nitrogens with two attached hydrogens (primary N) is 1. The molecule has 2 fully saturated rings. The molecular weight excluding hydrogens is 230 g/mol. The lowest BCUT2D eigenvalue weighted by Gasteiger charge is -2.34. The van der Waals surface area contributed by atoms with Gasteiger partial charge in [-0.15, -0.1) is 0 Å². The van der Waals surface area contributed by atoms with E-state index < -0.39 is 0 Å². The van der Waals surface area contributed by atoms with Crippen LogP contribution >= 0.6 is 0 Å². The van der Waals surface area contributed by atoms with Crippen molar-refractivity contribution in [2.24, 2.45) is 11.7 Å². The summed E-state index contributed by atoms with van der Waals surface area (Å²) in [5, 5.41) is 0. The quantitative estimate of drug-likeness (QED) is 0.767. The fourth-order valence-corrected chi connectivity index (χ4v) is 3.14. The van der Waals surface area contributed by atoms with Crippen LogP contribution in [-0.2, 0) is 14.3 Å². The highest BCUT2D eigenvalue weighted by molar-refractivity contribution is 5.73. The van der Waals surface area contributed by atoms with Crippen molar-refractivity contribution in [3.05, 3.63) is 0 Å². The van der Waals surface area contributed by atoms with Gasteiger partial charge in [-0.05, 0) is 26.7 Å². The molecule has 2 rings (SSSR count). The van der Waals surface area contributed by atoms with Crippen molar-refractivity contribution >= 4 is 5.97 Å². The summed E-state index contributed by atoms with van der Waals surface area (Å²) in [6, 6.07) is -0.0130. The lowest BCUT2D eigenvalue weighted by Crippen LogP contribution is -2.42. The van der Waals surface area contributed by atoms with Gasteiger partial charge in [-0.2, -0.15) is 0 Å². The van der Waals surface area contributed by atoms with E-state index in [-0.39, 0.29) is 36.2 Å². The van der Waals surface area contributed by atoms with Crippen LogP contribution in [0.3, 0.4) is 0 Å². The first-order chi connectivity index (χ1) is 8.56. The van der Waals surface area contributed by atoms with E-state index in [1.54, 1.807) is 0 Å². The van der Waals surface area contributed by atoms with E-state index in [9.17, 15) is 4.79 Å². The molecule has 2 N–H and O–H groups in total. The summed E-state index contributed by atoms with van der Waals surface area (Å²) in [7, 11) is 0. The van der Waals surface area contributed by atoms with E-state index in [0.29, 0.717) is 0 Å². The summed E-state index contributed by atoms with van der Waals surface area (Å²) < 4.78 is 11.3. The molecule has 0 aromatic carbocycles. The Kier molecular flexibility index (Phi) is 4.62. The fraction of sp³-hybridized carbons (Fsp3) is 0.929. The minimum Gasteiger partial charge on any atom is -0.462 e. The molecule has 4 nitrogen and oxygen atoms in total. The first-order valence-corrected chi connectivity index (χ1v) is 7.17. The molecule has 0 aromatic heterocycles. The third-order valence-electron chi connectivity index (χ3n) is 4.06. The molecular formula is C14H25NO3. The Morgan fingerprint density at radius 1 is 1.17 bits per heavy atom. The van der Waals surface area contributed by atoms with E-state index in [1.165, 1.54) is 0 Å². The molecule has 104 valence electrons. The highest BCUT2D eigenvalue weighted by atomic mass is 16.6. The predicted molar refractivity (Wildman–Crippen MR) is 69.1 cm³/mol. The molecule has 1 saturated carbocycles. The Morgan fingerprint density at radius 3 is 2.39 bits per heavy atom. The molecule has 0 spiro atoms. The minimum atomic E-state index is -0.0905. The molecule has 1 aliphatic carbocycles. The van der Waals surface area contributed by atoms with Gasteiger partial charge in [0.1, 0.15) is 6.10 Å². The number of ether oxygens (including phenoxy) is 2. The zero-order valence-corrected chi connectivity index (χ0v) is 11.4. The molecule has 18 heavy (non-hydrogen) atoms. The van der Waals surface area contributed by atoms with Gasteiger partial charge in [-0.25, -0.2) is 0 Å². The first-order valence-electron chi connectivity index (χ1n) is 7.17. The van der Waals surface area contributed by atoms with Crippen LogP contribution in [0, 0.1) is 5.92 Å². The second-order valence-electron chi connectivity index (χ2n) is 5.84. The summed E-state index contributed by atoms with van der Waals surface area (Å²) in [5.41, 5.74) is 6.01. The zero-order chi connectivity index (χ0) is 13.1. The van der Waals surface area contributed by atoms with Crippen LogP contribution in [0.5, 0.6) is 0 Å². The van der Waals surface area contributed by atoms with Crippen molar-refractivity contribution in [1.82, 2.24) is 0 Å². The van der Waals surface area contributed by atoms with Gasteiger partial charge in [0.25, 0.3) is 0 Å². The van der Waals surface area contributed by atoms with Crippen LogP contribution in [0.2, 0.25) is 0 Å². The predicted octanol–water partition coefficient (Wildman–Crippen LogP) is 2.00. The van der Waals surface area contributed by atoms with Crippen molar-refractivity contribution in [3.63, 3.8) is 0 Å². The second-order valence-corrected chi connectivity index (χ2v) is 5.84. The molecule has 0 radical (unpaired) electrons. The van der Waals surface area contributed by atoms with Crippen LogP contribution < -0.4 is 5.73 Å². The number of carbonyl (C=O) groups excluding carboxylic acids is 1. The van der Waals surface area contributed by atoms with Crippen LogP contribution in [0.1, 0.15) is 52.4 Å². The van der Waals surface area contributed by atoms with Crippen molar-refractivity contribution in [2.45, 2.75) is 76.7 Å². The number of carbonyl (C=O) groups is 1. The van der Waals surface area contributed by atoms with Gasteiger partial charge in [0.15, 0.2) is 0 Å². The molecule has 4 unspecified atom stereocenters. The normalized spacial score (nSPS) is 41.4. The molecule has 4 atom stereocenters. The summed E-state index contributed by atoms with van der Waals surface area (Å²) in [4.78, 5) is 12.1. The maximum atomic E-state index is 12.1. The Balaban J connectivity index is 1.86. The van der Waals surface area contributed by atoms with E-state index in [1.807, 2.05) is 13.8 Å². The van der Waals surface area contributed by atoms with Gasteiger partial charge in [0, 0.05) is 18.9 Å². The monoisotopic (exact) mass is 255 g/mol. The lowest BCUT2D eigenvalue weighted by molar-refractivity contribution is -0.166. The second kappa shape index (κ2) is 6.02. The highest BCUT2D eigenvalue weighted by Crippen LogP contribution is 2.27. The average Bonchev–Trinajstić information content (AvgIpc) is 2.27. The fourth-order valence-electron chi connectivity index (χ4n) is 3.14. The minimum absolute atomic E-state index is 0.00498. The van der Waals surface area contributed by atoms with Crippen molar-refractivity contribution in [1.29, 1.82) is 0 Å². The van der Waals surface area contributed by atoms with Gasteiger partial charge in [0.05, 0.1) is 18.1 Å². The van der Waals surface area contributed by atoms with Crippen LogP contribution in [0.4, 0.5) is 0 Å². The van der Waals surface area contributed by atoms with E-state index in [0.717, 1.165) is 38.5 Å².